The van der Waals surface area contributed by atoms with Crippen LogP contribution in [0.3, 0.4) is 0 Å². The van der Waals surface area contributed by atoms with Gasteiger partial charge in [0.05, 0.1) is 6.04 Å². The van der Waals surface area contributed by atoms with E-state index in [4.69, 9.17) is 11.6 Å². The van der Waals surface area contributed by atoms with Crippen molar-refractivity contribution in [1.82, 2.24) is 15.1 Å². The molecule has 4 nitrogen and oxygen atoms in total. The number of carbonyl (C=O) groups excluding carboxylic acids is 1. The lowest BCUT2D eigenvalue weighted by atomic mass is 9.94. The van der Waals surface area contributed by atoms with E-state index in [0.29, 0.717) is 6.42 Å². The van der Waals surface area contributed by atoms with Crippen molar-refractivity contribution in [3.8, 4) is 0 Å². The zero-order valence-corrected chi connectivity index (χ0v) is 15.4. The van der Waals surface area contributed by atoms with Gasteiger partial charge in [0.15, 0.2) is 0 Å². The van der Waals surface area contributed by atoms with Crippen LogP contribution in [0.4, 0.5) is 0 Å². The summed E-state index contributed by atoms with van der Waals surface area (Å²) in [6, 6.07) is 7.70. The first-order valence-corrected chi connectivity index (χ1v) is 8.64. The molecule has 1 aliphatic rings. The molecular formula is C18H28ClN3O. The molecule has 1 N–H and O–H groups in total. The largest absolute Gasteiger partial charge is 0.350 e. The van der Waals surface area contributed by atoms with Gasteiger partial charge >= 0.3 is 0 Å². The maximum Gasteiger partial charge on any atom is 0.237 e. The lowest BCUT2D eigenvalue weighted by Crippen LogP contribution is -2.56. The molecule has 0 spiro atoms. The quantitative estimate of drug-likeness (QED) is 0.896. The van der Waals surface area contributed by atoms with Crippen molar-refractivity contribution in [2.75, 3.05) is 33.2 Å². The fourth-order valence-electron chi connectivity index (χ4n) is 2.98. The summed E-state index contributed by atoms with van der Waals surface area (Å²) in [5.41, 5.74) is 0.731. The van der Waals surface area contributed by atoms with E-state index < -0.39 is 0 Å². The summed E-state index contributed by atoms with van der Waals surface area (Å²) in [5.74, 6) is 0.0895. The maximum atomic E-state index is 12.6. The summed E-state index contributed by atoms with van der Waals surface area (Å²) in [6.07, 6.45) is 0.716. The summed E-state index contributed by atoms with van der Waals surface area (Å²) in [7, 11) is 2.12. The Morgan fingerprint density at radius 1 is 1.26 bits per heavy atom. The number of nitrogens with zero attached hydrogens (tertiary/aromatic N) is 2. The van der Waals surface area contributed by atoms with E-state index in [0.717, 1.165) is 36.8 Å². The van der Waals surface area contributed by atoms with Crippen LogP contribution < -0.4 is 5.32 Å². The van der Waals surface area contributed by atoms with Crippen LogP contribution in [0.25, 0.3) is 0 Å². The van der Waals surface area contributed by atoms with Gasteiger partial charge < -0.3 is 10.2 Å². The lowest BCUT2D eigenvalue weighted by Gasteiger charge is -2.37. The minimum Gasteiger partial charge on any atom is -0.350 e. The van der Waals surface area contributed by atoms with Gasteiger partial charge in [0, 0.05) is 36.7 Å². The Kier molecular flexibility index (Phi) is 6.06. The molecule has 0 radical (unpaired) electrons. The highest BCUT2D eigenvalue weighted by Crippen LogP contribution is 2.21. The average Bonchev–Trinajstić information content (AvgIpc) is 2.49. The number of piperazine rings is 1. The van der Waals surface area contributed by atoms with Gasteiger partial charge in [0.1, 0.15) is 0 Å². The van der Waals surface area contributed by atoms with Crippen LogP contribution in [-0.2, 0) is 11.2 Å². The molecule has 0 saturated carbocycles. The molecule has 1 fully saturated rings. The standard InChI is InChI=1S/C18H28ClN3O/c1-14(22-11-9-21(4)10-12-22)17(23)20-18(2,3)13-15-7-5-6-8-16(15)19/h5-8,14H,9-13H2,1-4H3,(H,20,23)/t14-/m0/s1. The summed E-state index contributed by atoms with van der Waals surface area (Å²) >= 11 is 6.24. The third-order valence-corrected chi connectivity index (χ3v) is 4.89. The molecule has 0 aromatic heterocycles. The van der Waals surface area contributed by atoms with Crippen LogP contribution in [-0.4, -0.2) is 60.5 Å². The van der Waals surface area contributed by atoms with Crippen molar-refractivity contribution in [3.05, 3.63) is 34.9 Å². The number of rotatable bonds is 5. The van der Waals surface area contributed by atoms with E-state index in [2.05, 4.69) is 22.2 Å². The normalized spacial score (nSPS) is 18.7. The predicted molar refractivity (Wildman–Crippen MR) is 95.9 cm³/mol. The molecule has 1 aliphatic heterocycles. The molecule has 1 aromatic carbocycles. The number of carbonyl (C=O) groups is 1. The molecule has 1 aromatic rings. The number of nitrogens with one attached hydrogen (secondary N) is 1. The van der Waals surface area contributed by atoms with Crippen molar-refractivity contribution < 1.29 is 4.79 Å². The highest BCUT2D eigenvalue weighted by molar-refractivity contribution is 6.31. The molecule has 1 heterocycles. The van der Waals surface area contributed by atoms with Gasteiger partial charge in [-0.1, -0.05) is 29.8 Å². The fourth-order valence-corrected chi connectivity index (χ4v) is 3.18. The van der Waals surface area contributed by atoms with Crippen LogP contribution in [0, 0.1) is 0 Å². The highest BCUT2D eigenvalue weighted by Gasteiger charge is 2.29. The van der Waals surface area contributed by atoms with Gasteiger partial charge in [0.25, 0.3) is 0 Å². The van der Waals surface area contributed by atoms with E-state index in [9.17, 15) is 4.79 Å². The van der Waals surface area contributed by atoms with Crippen molar-refractivity contribution in [1.29, 1.82) is 0 Å². The van der Waals surface area contributed by atoms with Crippen molar-refractivity contribution in [2.45, 2.75) is 38.8 Å². The van der Waals surface area contributed by atoms with Crippen LogP contribution in [0.2, 0.25) is 5.02 Å². The molecule has 5 heteroatoms. The Bertz CT molecular complexity index is 539. The predicted octanol–water partition coefficient (Wildman–Crippen LogP) is 2.41. The van der Waals surface area contributed by atoms with Gasteiger partial charge in [-0.2, -0.15) is 0 Å². The van der Waals surface area contributed by atoms with Crippen molar-refractivity contribution >= 4 is 17.5 Å². The first kappa shape index (κ1) is 18.2. The van der Waals surface area contributed by atoms with E-state index >= 15 is 0 Å². The average molecular weight is 338 g/mol. The SMILES string of the molecule is C[C@@H](C(=O)NC(C)(C)Cc1ccccc1Cl)N1CCN(C)CC1. The molecule has 1 amide bonds. The minimum absolute atomic E-state index is 0.0895. The Hall–Kier alpha value is -1.10. The lowest BCUT2D eigenvalue weighted by molar-refractivity contribution is -0.128. The minimum atomic E-state index is -0.330. The second kappa shape index (κ2) is 7.65. The smallest absolute Gasteiger partial charge is 0.237 e. The monoisotopic (exact) mass is 337 g/mol. The third kappa shape index (κ3) is 5.20. The molecule has 0 aliphatic carbocycles. The van der Waals surface area contributed by atoms with E-state index in [1.54, 1.807) is 0 Å². The maximum absolute atomic E-state index is 12.6. The van der Waals surface area contributed by atoms with Crippen LogP contribution in [0.5, 0.6) is 0 Å². The highest BCUT2D eigenvalue weighted by atomic mass is 35.5. The number of halogens is 1. The molecular weight excluding hydrogens is 310 g/mol. The second-order valence-electron chi connectivity index (χ2n) is 7.16. The van der Waals surface area contributed by atoms with E-state index in [-0.39, 0.29) is 17.5 Å². The Morgan fingerprint density at radius 3 is 2.48 bits per heavy atom. The Morgan fingerprint density at radius 2 is 1.87 bits per heavy atom. The van der Waals surface area contributed by atoms with Crippen molar-refractivity contribution in [2.24, 2.45) is 0 Å². The Labute approximate surface area is 144 Å². The second-order valence-corrected chi connectivity index (χ2v) is 7.56. The summed E-state index contributed by atoms with van der Waals surface area (Å²) in [5, 5.41) is 3.94. The number of likely N-dealkylation sites (N-methyl/N-ethyl adjacent to an activating group) is 1. The Balaban J connectivity index is 1.93. The molecule has 2 rings (SSSR count). The van der Waals surface area contributed by atoms with Crippen LogP contribution in [0.1, 0.15) is 26.3 Å². The van der Waals surface area contributed by atoms with E-state index in [1.807, 2.05) is 45.0 Å². The van der Waals surface area contributed by atoms with Gasteiger partial charge in [-0.25, -0.2) is 0 Å². The molecule has 1 atom stereocenters. The molecule has 0 bridgehead atoms. The molecule has 128 valence electrons. The topological polar surface area (TPSA) is 35.6 Å². The number of hydrogen-bond acceptors (Lipinski definition) is 3. The molecule has 23 heavy (non-hydrogen) atoms. The first-order valence-electron chi connectivity index (χ1n) is 8.26. The van der Waals surface area contributed by atoms with E-state index in [1.165, 1.54) is 0 Å². The van der Waals surface area contributed by atoms with Crippen molar-refractivity contribution in [3.63, 3.8) is 0 Å². The summed E-state index contributed by atoms with van der Waals surface area (Å²) in [6.45, 7) is 10.00. The van der Waals surface area contributed by atoms with Gasteiger partial charge in [-0.15, -0.1) is 0 Å². The fraction of sp³-hybridized carbons (Fsp3) is 0.611. The van der Waals surface area contributed by atoms with Gasteiger partial charge in [-0.05, 0) is 45.9 Å². The number of hydrogen-bond donors (Lipinski definition) is 1. The first-order chi connectivity index (χ1) is 10.8. The number of amides is 1. The zero-order chi connectivity index (χ0) is 17.0. The van der Waals surface area contributed by atoms with Crippen LogP contribution in [0.15, 0.2) is 24.3 Å². The van der Waals surface area contributed by atoms with Gasteiger partial charge in [-0.3, -0.25) is 9.69 Å². The zero-order valence-electron chi connectivity index (χ0n) is 14.6. The van der Waals surface area contributed by atoms with Gasteiger partial charge in [0.2, 0.25) is 5.91 Å². The van der Waals surface area contributed by atoms with Crippen LogP contribution >= 0.6 is 11.6 Å². The molecule has 0 unspecified atom stereocenters. The summed E-state index contributed by atoms with van der Waals surface area (Å²) < 4.78 is 0. The number of benzene rings is 1. The summed E-state index contributed by atoms with van der Waals surface area (Å²) in [4.78, 5) is 17.2. The third-order valence-electron chi connectivity index (χ3n) is 4.52. The molecule has 1 saturated heterocycles.